The Balaban J connectivity index is 1.42. The molecule has 8 heteroatoms. The highest BCUT2D eigenvalue weighted by atomic mass is 35.5. The summed E-state index contributed by atoms with van der Waals surface area (Å²) in [4.78, 5) is 33.1. The maximum Gasteiger partial charge on any atom is 0.267 e. The highest BCUT2D eigenvalue weighted by Crippen LogP contribution is 2.17. The van der Waals surface area contributed by atoms with Crippen molar-refractivity contribution in [1.82, 2.24) is 19.7 Å². The van der Waals surface area contributed by atoms with Crippen LogP contribution in [0.1, 0.15) is 0 Å². The van der Waals surface area contributed by atoms with Gasteiger partial charge < -0.3 is 9.80 Å². The molecule has 1 saturated heterocycles. The fraction of sp³-hybridized carbons (Fsp3) is 0.238. The number of hydrogen-bond donors (Lipinski definition) is 0. The molecule has 0 atom stereocenters. The van der Waals surface area contributed by atoms with Crippen LogP contribution in [0.5, 0.6) is 0 Å². The van der Waals surface area contributed by atoms with Gasteiger partial charge in [-0.3, -0.25) is 9.59 Å². The van der Waals surface area contributed by atoms with Crippen molar-refractivity contribution < 1.29 is 4.79 Å². The zero-order valence-electron chi connectivity index (χ0n) is 15.7. The molecule has 0 aliphatic carbocycles. The smallest absolute Gasteiger partial charge is 0.267 e. The van der Waals surface area contributed by atoms with Gasteiger partial charge in [-0.25, -0.2) is 9.67 Å². The van der Waals surface area contributed by atoms with Crippen molar-refractivity contribution in [2.75, 3.05) is 31.1 Å². The minimum Gasteiger partial charge on any atom is -0.353 e. The summed E-state index contributed by atoms with van der Waals surface area (Å²) in [5.41, 5.74) is 1.27. The molecule has 0 spiro atoms. The summed E-state index contributed by atoms with van der Waals surface area (Å²) in [6, 6.07) is 18.2. The van der Waals surface area contributed by atoms with Crippen LogP contribution in [0.4, 0.5) is 5.82 Å². The van der Waals surface area contributed by atoms with Gasteiger partial charge in [-0.05, 0) is 18.2 Å². The number of carbonyl (C=O) groups is 1. The van der Waals surface area contributed by atoms with E-state index in [1.165, 1.54) is 10.7 Å². The molecule has 0 unspecified atom stereocenters. The molecule has 7 nitrogen and oxygen atoms in total. The molecule has 1 aromatic carbocycles. The standard InChI is InChI=1S/C21H20ClN5O2/c22-18-7-4-8-19(23-18)25-11-13-26(14-12-25)21(29)15-27-20(28)10-9-17(24-27)16-5-2-1-3-6-16/h1-10H,11-15H2. The minimum absolute atomic E-state index is 0.0745. The first-order valence-corrected chi connectivity index (χ1v) is 9.77. The van der Waals surface area contributed by atoms with Crippen LogP contribution in [0.2, 0.25) is 5.15 Å². The van der Waals surface area contributed by atoms with Crippen LogP contribution in [-0.2, 0) is 11.3 Å². The number of halogens is 1. The molecule has 148 valence electrons. The highest BCUT2D eigenvalue weighted by Gasteiger charge is 2.22. The third kappa shape index (κ3) is 4.46. The number of aromatic nitrogens is 3. The number of hydrogen-bond acceptors (Lipinski definition) is 5. The molecule has 0 radical (unpaired) electrons. The van der Waals surface area contributed by atoms with Gasteiger partial charge in [0.1, 0.15) is 17.5 Å². The zero-order valence-corrected chi connectivity index (χ0v) is 16.5. The van der Waals surface area contributed by atoms with Crippen molar-refractivity contribution in [2.45, 2.75) is 6.54 Å². The van der Waals surface area contributed by atoms with Gasteiger partial charge in [0.05, 0.1) is 5.69 Å². The van der Waals surface area contributed by atoms with E-state index in [4.69, 9.17) is 11.6 Å². The molecule has 1 amide bonds. The number of anilines is 1. The van der Waals surface area contributed by atoms with Gasteiger partial charge in [0, 0.05) is 37.8 Å². The Hall–Kier alpha value is -3.19. The number of amides is 1. The molecular weight excluding hydrogens is 390 g/mol. The summed E-state index contributed by atoms with van der Waals surface area (Å²) >= 11 is 5.96. The van der Waals surface area contributed by atoms with Gasteiger partial charge in [0.2, 0.25) is 5.91 Å². The van der Waals surface area contributed by atoms with E-state index in [0.29, 0.717) is 37.0 Å². The summed E-state index contributed by atoms with van der Waals surface area (Å²) in [5, 5.41) is 4.82. The van der Waals surface area contributed by atoms with Gasteiger partial charge in [-0.1, -0.05) is 48.0 Å². The van der Waals surface area contributed by atoms with Crippen molar-refractivity contribution >= 4 is 23.3 Å². The van der Waals surface area contributed by atoms with Crippen LogP contribution in [0.3, 0.4) is 0 Å². The maximum absolute atomic E-state index is 12.7. The predicted octanol–water partition coefficient (Wildman–Crippen LogP) is 2.31. The molecule has 0 bridgehead atoms. The average molecular weight is 410 g/mol. The van der Waals surface area contributed by atoms with E-state index in [9.17, 15) is 9.59 Å². The Bertz CT molecular complexity index is 1060. The first-order chi connectivity index (χ1) is 14.1. The number of carbonyl (C=O) groups excluding carboxylic acids is 1. The average Bonchev–Trinajstić information content (AvgIpc) is 2.76. The Morgan fingerprint density at radius 3 is 2.41 bits per heavy atom. The maximum atomic E-state index is 12.7. The fourth-order valence-corrected chi connectivity index (χ4v) is 3.47. The van der Waals surface area contributed by atoms with Gasteiger partial charge in [-0.2, -0.15) is 5.10 Å². The van der Waals surface area contributed by atoms with Crippen molar-refractivity contribution in [2.24, 2.45) is 0 Å². The number of nitrogens with zero attached hydrogens (tertiary/aromatic N) is 5. The van der Waals surface area contributed by atoms with Gasteiger partial charge in [0.15, 0.2) is 0 Å². The molecule has 0 saturated carbocycles. The van der Waals surface area contributed by atoms with Crippen LogP contribution < -0.4 is 10.5 Å². The fourth-order valence-electron chi connectivity index (χ4n) is 3.31. The highest BCUT2D eigenvalue weighted by molar-refractivity contribution is 6.29. The van der Waals surface area contributed by atoms with Gasteiger partial charge >= 0.3 is 0 Å². The minimum atomic E-state index is -0.292. The molecule has 1 aliphatic rings. The summed E-state index contributed by atoms with van der Waals surface area (Å²) in [6.07, 6.45) is 0. The molecule has 3 heterocycles. The lowest BCUT2D eigenvalue weighted by Crippen LogP contribution is -2.50. The van der Waals surface area contributed by atoms with Crippen molar-refractivity contribution in [3.63, 3.8) is 0 Å². The molecule has 0 N–H and O–H groups in total. The summed E-state index contributed by atoms with van der Waals surface area (Å²) in [6.45, 7) is 2.35. The topological polar surface area (TPSA) is 71.3 Å². The van der Waals surface area contributed by atoms with Gasteiger partial charge in [-0.15, -0.1) is 0 Å². The summed E-state index contributed by atoms with van der Waals surface area (Å²) in [5.74, 6) is 0.682. The largest absolute Gasteiger partial charge is 0.353 e. The Kier molecular flexibility index (Phi) is 5.57. The molecule has 2 aromatic heterocycles. The van der Waals surface area contributed by atoms with E-state index in [2.05, 4.69) is 15.0 Å². The van der Waals surface area contributed by atoms with Gasteiger partial charge in [0.25, 0.3) is 5.56 Å². The third-order valence-electron chi connectivity index (χ3n) is 4.88. The second kappa shape index (κ2) is 8.45. The monoisotopic (exact) mass is 409 g/mol. The second-order valence-corrected chi connectivity index (χ2v) is 7.15. The lowest BCUT2D eigenvalue weighted by molar-refractivity contribution is -0.132. The SMILES string of the molecule is O=C(Cn1nc(-c2ccccc2)ccc1=O)N1CCN(c2cccc(Cl)n2)CC1. The van der Waals surface area contributed by atoms with Crippen LogP contribution in [-0.4, -0.2) is 51.8 Å². The van der Waals surface area contributed by atoms with Crippen LogP contribution in [0.15, 0.2) is 65.5 Å². The van der Waals surface area contributed by atoms with Crippen LogP contribution >= 0.6 is 11.6 Å². The molecule has 1 aliphatic heterocycles. The van der Waals surface area contributed by atoms with Crippen molar-refractivity contribution in [1.29, 1.82) is 0 Å². The first-order valence-electron chi connectivity index (χ1n) is 9.39. The molecular formula is C21H20ClN5O2. The predicted molar refractivity (Wildman–Crippen MR) is 112 cm³/mol. The first kappa shape index (κ1) is 19.1. The molecule has 1 fully saturated rings. The zero-order chi connectivity index (χ0) is 20.2. The van der Waals surface area contributed by atoms with E-state index in [0.717, 1.165) is 11.4 Å². The number of benzene rings is 1. The molecule has 29 heavy (non-hydrogen) atoms. The van der Waals surface area contributed by atoms with Crippen molar-refractivity contribution in [3.05, 3.63) is 76.2 Å². The second-order valence-electron chi connectivity index (χ2n) is 6.77. The lowest BCUT2D eigenvalue weighted by atomic mass is 10.1. The van der Waals surface area contributed by atoms with Crippen LogP contribution in [0.25, 0.3) is 11.3 Å². The summed E-state index contributed by atoms with van der Waals surface area (Å²) < 4.78 is 1.23. The number of piperazine rings is 1. The summed E-state index contributed by atoms with van der Waals surface area (Å²) in [7, 11) is 0. The van der Waals surface area contributed by atoms with E-state index in [-0.39, 0.29) is 18.0 Å². The molecule has 3 aromatic rings. The van der Waals surface area contributed by atoms with E-state index >= 15 is 0 Å². The van der Waals surface area contributed by atoms with E-state index in [1.807, 2.05) is 42.5 Å². The number of pyridine rings is 1. The normalized spacial score (nSPS) is 14.1. The molecule has 4 rings (SSSR count). The number of rotatable bonds is 4. The van der Waals surface area contributed by atoms with E-state index < -0.39 is 0 Å². The quantitative estimate of drug-likeness (QED) is 0.618. The van der Waals surface area contributed by atoms with Crippen molar-refractivity contribution in [3.8, 4) is 11.3 Å². The Labute approximate surface area is 173 Å². The Morgan fingerprint density at radius 1 is 0.931 bits per heavy atom. The lowest BCUT2D eigenvalue weighted by Gasteiger charge is -2.35. The third-order valence-corrected chi connectivity index (χ3v) is 5.09. The Morgan fingerprint density at radius 2 is 1.69 bits per heavy atom. The van der Waals surface area contributed by atoms with E-state index in [1.54, 1.807) is 17.0 Å². The van der Waals surface area contributed by atoms with Crippen LogP contribution in [0, 0.1) is 0 Å².